The lowest BCUT2D eigenvalue weighted by Gasteiger charge is -2.09. The van der Waals surface area contributed by atoms with Crippen molar-refractivity contribution in [3.8, 4) is 5.75 Å². The van der Waals surface area contributed by atoms with Gasteiger partial charge in [-0.2, -0.15) is 0 Å². The molecular formula is C12H12N2O4. The molecule has 0 spiro atoms. The van der Waals surface area contributed by atoms with Gasteiger partial charge >= 0.3 is 11.2 Å². The van der Waals surface area contributed by atoms with Crippen LogP contribution in [-0.4, -0.2) is 14.6 Å². The summed E-state index contributed by atoms with van der Waals surface area (Å²) in [5.74, 6) is -0.568. The molecule has 0 saturated heterocycles. The molecule has 0 aliphatic carbocycles. The average Bonchev–Trinajstić information content (AvgIpc) is 2.29. The van der Waals surface area contributed by atoms with Gasteiger partial charge in [0.2, 0.25) is 5.75 Å². The zero-order valence-corrected chi connectivity index (χ0v) is 10.2. The smallest absolute Gasteiger partial charge is 0.375 e. The number of aryl methyl sites for hydroxylation is 3. The second kappa shape index (κ2) is 3.83. The van der Waals surface area contributed by atoms with Crippen LogP contribution in [0.2, 0.25) is 0 Å². The molecule has 18 heavy (non-hydrogen) atoms. The summed E-state index contributed by atoms with van der Waals surface area (Å²) >= 11 is 0. The van der Waals surface area contributed by atoms with Crippen molar-refractivity contribution in [3.05, 3.63) is 43.7 Å². The quantitative estimate of drug-likeness (QED) is 0.615. The normalized spacial score (nSPS) is 10.8. The van der Waals surface area contributed by atoms with E-state index in [1.807, 2.05) is 13.8 Å². The Labute approximate surface area is 102 Å². The molecule has 0 fully saturated rings. The SMILES string of the molecule is Cc1cc2c(O)c([N+](=O)[O-])c(=O)n(C)c2cc1C. The van der Waals surface area contributed by atoms with Crippen molar-refractivity contribution in [2.45, 2.75) is 13.8 Å². The fraction of sp³-hybridized carbons (Fsp3) is 0.250. The van der Waals surface area contributed by atoms with E-state index in [1.54, 1.807) is 12.1 Å². The van der Waals surface area contributed by atoms with Gasteiger partial charge in [0.25, 0.3) is 0 Å². The number of nitro groups is 1. The van der Waals surface area contributed by atoms with E-state index in [0.29, 0.717) is 10.9 Å². The van der Waals surface area contributed by atoms with E-state index in [4.69, 9.17) is 0 Å². The van der Waals surface area contributed by atoms with Crippen LogP contribution >= 0.6 is 0 Å². The molecule has 2 aromatic rings. The molecule has 0 aliphatic rings. The highest BCUT2D eigenvalue weighted by molar-refractivity contribution is 5.89. The minimum atomic E-state index is -0.855. The molecular weight excluding hydrogens is 236 g/mol. The van der Waals surface area contributed by atoms with Crippen LogP contribution in [0.25, 0.3) is 10.9 Å². The summed E-state index contributed by atoms with van der Waals surface area (Å²) < 4.78 is 1.18. The third-order valence-electron chi connectivity index (χ3n) is 3.14. The third kappa shape index (κ3) is 1.54. The first-order chi connectivity index (χ1) is 8.34. The summed E-state index contributed by atoms with van der Waals surface area (Å²) in [4.78, 5) is 21.8. The van der Waals surface area contributed by atoms with Gasteiger partial charge in [0.15, 0.2) is 0 Å². The van der Waals surface area contributed by atoms with Gasteiger partial charge in [-0.3, -0.25) is 14.9 Å². The number of hydrogen-bond acceptors (Lipinski definition) is 4. The molecule has 1 heterocycles. The summed E-state index contributed by atoms with van der Waals surface area (Å²) in [6, 6.07) is 3.38. The Morgan fingerprint density at radius 2 is 1.83 bits per heavy atom. The van der Waals surface area contributed by atoms with E-state index in [0.717, 1.165) is 11.1 Å². The molecule has 0 amide bonds. The zero-order valence-electron chi connectivity index (χ0n) is 10.2. The van der Waals surface area contributed by atoms with Gasteiger partial charge in [-0.1, -0.05) is 0 Å². The number of rotatable bonds is 1. The van der Waals surface area contributed by atoms with E-state index in [9.17, 15) is 20.0 Å². The highest BCUT2D eigenvalue weighted by atomic mass is 16.6. The molecule has 2 rings (SSSR count). The number of nitrogens with zero attached hydrogens (tertiary/aromatic N) is 2. The van der Waals surface area contributed by atoms with Crippen molar-refractivity contribution in [1.29, 1.82) is 0 Å². The summed E-state index contributed by atoms with van der Waals surface area (Å²) in [6.07, 6.45) is 0. The highest BCUT2D eigenvalue weighted by Gasteiger charge is 2.24. The minimum absolute atomic E-state index is 0.312. The minimum Gasteiger partial charge on any atom is -0.501 e. The Kier molecular flexibility index (Phi) is 2.58. The summed E-state index contributed by atoms with van der Waals surface area (Å²) in [5, 5.41) is 21.0. The van der Waals surface area contributed by atoms with Gasteiger partial charge in [0, 0.05) is 12.4 Å². The Morgan fingerprint density at radius 3 is 2.39 bits per heavy atom. The number of hydrogen-bond donors (Lipinski definition) is 1. The maximum absolute atomic E-state index is 11.8. The van der Waals surface area contributed by atoms with Crippen LogP contribution in [0.5, 0.6) is 5.75 Å². The number of pyridine rings is 1. The number of benzene rings is 1. The van der Waals surface area contributed by atoms with Crippen molar-refractivity contribution >= 4 is 16.6 Å². The molecule has 94 valence electrons. The Morgan fingerprint density at radius 1 is 1.28 bits per heavy atom. The largest absolute Gasteiger partial charge is 0.501 e. The predicted molar refractivity (Wildman–Crippen MR) is 67.0 cm³/mol. The van der Waals surface area contributed by atoms with Gasteiger partial charge in [0.1, 0.15) is 0 Å². The monoisotopic (exact) mass is 248 g/mol. The topological polar surface area (TPSA) is 85.4 Å². The number of aromatic nitrogens is 1. The lowest BCUT2D eigenvalue weighted by atomic mass is 10.0. The molecule has 6 heteroatoms. The van der Waals surface area contributed by atoms with Crippen LogP contribution in [0.4, 0.5) is 5.69 Å². The first-order valence-corrected chi connectivity index (χ1v) is 5.32. The van der Waals surface area contributed by atoms with Crippen molar-refractivity contribution in [2.75, 3.05) is 0 Å². The standard InChI is InChI=1S/C12H12N2O4/c1-6-4-8-9(5-7(6)2)13(3)12(16)10(11(8)15)14(17)18/h4-5,15H,1-3H3. The number of fused-ring (bicyclic) bond motifs is 1. The molecule has 1 aromatic heterocycles. The summed E-state index contributed by atoms with van der Waals surface area (Å²) in [5.41, 5.74) is 0.726. The van der Waals surface area contributed by atoms with E-state index >= 15 is 0 Å². The highest BCUT2D eigenvalue weighted by Crippen LogP contribution is 2.32. The Bertz CT molecular complexity index is 731. The number of aromatic hydroxyl groups is 1. The lowest BCUT2D eigenvalue weighted by Crippen LogP contribution is -2.20. The molecule has 0 unspecified atom stereocenters. The second-order valence-corrected chi connectivity index (χ2v) is 4.27. The van der Waals surface area contributed by atoms with Crippen LogP contribution in [-0.2, 0) is 7.05 Å². The van der Waals surface area contributed by atoms with Crippen molar-refractivity contribution in [3.63, 3.8) is 0 Å². The lowest BCUT2D eigenvalue weighted by molar-refractivity contribution is -0.387. The second-order valence-electron chi connectivity index (χ2n) is 4.27. The van der Waals surface area contributed by atoms with Gasteiger partial charge in [-0.15, -0.1) is 0 Å². The fourth-order valence-corrected chi connectivity index (χ4v) is 1.93. The van der Waals surface area contributed by atoms with Crippen LogP contribution < -0.4 is 5.56 Å². The molecule has 0 saturated carbocycles. The fourth-order valence-electron chi connectivity index (χ4n) is 1.93. The molecule has 0 bridgehead atoms. The van der Waals surface area contributed by atoms with Crippen molar-refractivity contribution in [1.82, 2.24) is 4.57 Å². The van der Waals surface area contributed by atoms with Gasteiger partial charge in [0.05, 0.1) is 10.4 Å². The summed E-state index contributed by atoms with van der Waals surface area (Å²) in [6.45, 7) is 3.71. The van der Waals surface area contributed by atoms with Crippen LogP contribution in [0.15, 0.2) is 16.9 Å². The maximum atomic E-state index is 11.8. The third-order valence-corrected chi connectivity index (χ3v) is 3.14. The summed E-state index contributed by atoms with van der Waals surface area (Å²) in [7, 11) is 1.45. The molecule has 6 nitrogen and oxygen atoms in total. The molecule has 0 atom stereocenters. The van der Waals surface area contributed by atoms with Crippen molar-refractivity contribution in [2.24, 2.45) is 7.05 Å². The van der Waals surface area contributed by atoms with Crippen LogP contribution in [0.1, 0.15) is 11.1 Å². The maximum Gasteiger partial charge on any atom is 0.375 e. The Balaban J connectivity index is 3.08. The van der Waals surface area contributed by atoms with Gasteiger partial charge < -0.3 is 9.67 Å². The zero-order chi connectivity index (χ0) is 13.6. The predicted octanol–water partition coefficient (Wildman–Crippen LogP) is 1.77. The van der Waals surface area contributed by atoms with E-state index < -0.39 is 21.9 Å². The van der Waals surface area contributed by atoms with Crippen LogP contribution in [0.3, 0.4) is 0 Å². The molecule has 0 aliphatic heterocycles. The Hall–Kier alpha value is -2.37. The first-order valence-electron chi connectivity index (χ1n) is 5.32. The van der Waals surface area contributed by atoms with E-state index in [-0.39, 0.29) is 0 Å². The first kappa shape index (κ1) is 12.1. The molecule has 1 N–H and O–H groups in total. The van der Waals surface area contributed by atoms with Gasteiger partial charge in [-0.05, 0) is 37.1 Å². The van der Waals surface area contributed by atoms with E-state index in [2.05, 4.69) is 0 Å². The molecule has 1 aromatic carbocycles. The van der Waals surface area contributed by atoms with Crippen LogP contribution in [0, 0.1) is 24.0 Å². The molecule has 0 radical (unpaired) electrons. The van der Waals surface area contributed by atoms with E-state index in [1.165, 1.54) is 11.6 Å². The van der Waals surface area contributed by atoms with Gasteiger partial charge in [-0.25, -0.2) is 0 Å². The average molecular weight is 248 g/mol. The van der Waals surface area contributed by atoms with Crippen molar-refractivity contribution < 1.29 is 10.0 Å².